The quantitative estimate of drug-likeness (QED) is 0.588. The summed E-state index contributed by atoms with van der Waals surface area (Å²) >= 11 is 0. The summed E-state index contributed by atoms with van der Waals surface area (Å²) in [6, 6.07) is 16.5. The molecule has 0 saturated carbocycles. The van der Waals surface area contributed by atoms with E-state index in [1.165, 1.54) is 6.33 Å². The van der Waals surface area contributed by atoms with Crippen LogP contribution in [0.3, 0.4) is 0 Å². The van der Waals surface area contributed by atoms with Crippen LogP contribution in [-0.4, -0.2) is 31.8 Å². The van der Waals surface area contributed by atoms with Gasteiger partial charge in [-0.25, -0.2) is 10.1 Å². The van der Waals surface area contributed by atoms with Crippen molar-refractivity contribution in [3.05, 3.63) is 72.1 Å². The van der Waals surface area contributed by atoms with E-state index >= 15 is 0 Å². The van der Waals surface area contributed by atoms with E-state index in [9.17, 15) is 4.79 Å². The summed E-state index contributed by atoms with van der Waals surface area (Å²) in [5.74, 6) is -0.249. The summed E-state index contributed by atoms with van der Waals surface area (Å²) in [4.78, 5) is 12.0. The van der Waals surface area contributed by atoms with Crippen LogP contribution in [0.1, 0.15) is 22.8 Å². The fraction of sp³-hybridized carbons (Fsp3) is 0.0625. The Balaban J connectivity index is 1.76. The summed E-state index contributed by atoms with van der Waals surface area (Å²) in [5.41, 5.74) is 5.48. The van der Waals surface area contributed by atoms with Crippen LogP contribution in [0.15, 0.2) is 66.0 Å². The Labute approximate surface area is 132 Å². The molecule has 0 radical (unpaired) electrons. The van der Waals surface area contributed by atoms with Crippen LogP contribution in [0, 0.1) is 0 Å². The van der Waals surface area contributed by atoms with Crippen molar-refractivity contribution in [1.29, 1.82) is 0 Å². The second kappa shape index (κ2) is 6.61. The van der Waals surface area contributed by atoms with E-state index in [1.54, 1.807) is 28.9 Å². The first-order chi connectivity index (χ1) is 11.2. The van der Waals surface area contributed by atoms with Crippen LogP contribution in [0.25, 0.3) is 5.69 Å². The molecule has 0 saturated heterocycles. The molecule has 1 N–H and O–H groups in total. The topological polar surface area (TPSA) is 85.1 Å². The molecular weight excluding hydrogens is 292 g/mol. The summed E-state index contributed by atoms with van der Waals surface area (Å²) in [5, 5.41) is 15.2. The molecule has 114 valence electrons. The molecule has 3 aromatic rings. The van der Waals surface area contributed by atoms with E-state index in [1.807, 2.05) is 37.3 Å². The molecular formula is C16H14N6O. The van der Waals surface area contributed by atoms with Crippen molar-refractivity contribution in [2.75, 3.05) is 0 Å². The number of carbonyl (C=O) groups is 1. The SMILES string of the molecule is C/C(=N\NC(=O)c1ccccc1)c1cccc(-n2cnnn2)c1. The van der Waals surface area contributed by atoms with Crippen molar-refractivity contribution in [3.63, 3.8) is 0 Å². The van der Waals surface area contributed by atoms with Gasteiger partial charge in [0.05, 0.1) is 11.4 Å². The molecule has 0 aliphatic rings. The van der Waals surface area contributed by atoms with Gasteiger partial charge in [0.25, 0.3) is 5.91 Å². The molecule has 7 nitrogen and oxygen atoms in total. The predicted octanol–water partition coefficient (Wildman–Crippen LogP) is 1.82. The lowest BCUT2D eigenvalue weighted by atomic mass is 10.1. The van der Waals surface area contributed by atoms with E-state index in [0.29, 0.717) is 11.3 Å². The Morgan fingerprint density at radius 3 is 2.61 bits per heavy atom. The molecule has 0 aliphatic carbocycles. The Morgan fingerprint density at radius 1 is 1.09 bits per heavy atom. The third-order valence-corrected chi connectivity index (χ3v) is 3.24. The number of amides is 1. The van der Waals surface area contributed by atoms with E-state index < -0.39 is 0 Å². The number of hydrazone groups is 1. The van der Waals surface area contributed by atoms with Gasteiger partial charge in [-0.1, -0.05) is 30.3 Å². The number of aromatic nitrogens is 4. The number of tetrazole rings is 1. The summed E-state index contributed by atoms with van der Waals surface area (Å²) in [6.07, 6.45) is 1.52. The zero-order valence-corrected chi connectivity index (χ0v) is 12.4. The van der Waals surface area contributed by atoms with Crippen molar-refractivity contribution in [2.24, 2.45) is 5.10 Å². The van der Waals surface area contributed by atoms with Gasteiger partial charge in [-0.15, -0.1) is 5.10 Å². The van der Waals surface area contributed by atoms with Crippen LogP contribution < -0.4 is 5.43 Å². The van der Waals surface area contributed by atoms with Gasteiger partial charge in [0.2, 0.25) is 0 Å². The molecule has 2 aromatic carbocycles. The highest BCUT2D eigenvalue weighted by Gasteiger charge is 2.05. The number of rotatable bonds is 4. The highest BCUT2D eigenvalue weighted by atomic mass is 16.2. The lowest BCUT2D eigenvalue weighted by Gasteiger charge is -2.05. The maximum Gasteiger partial charge on any atom is 0.271 e. The average Bonchev–Trinajstić information content (AvgIpc) is 3.15. The van der Waals surface area contributed by atoms with Gasteiger partial charge in [-0.05, 0) is 47.2 Å². The van der Waals surface area contributed by atoms with Crippen LogP contribution in [0.5, 0.6) is 0 Å². The van der Waals surface area contributed by atoms with Crippen molar-refractivity contribution in [3.8, 4) is 5.69 Å². The maximum absolute atomic E-state index is 12.0. The normalized spacial score (nSPS) is 11.3. The van der Waals surface area contributed by atoms with E-state index in [-0.39, 0.29) is 5.91 Å². The standard InChI is InChI=1S/C16H14N6O/c1-12(18-19-16(23)13-6-3-2-4-7-13)14-8-5-9-15(10-14)22-11-17-20-21-22/h2-11H,1H3,(H,19,23)/b18-12+. The maximum atomic E-state index is 12.0. The minimum atomic E-state index is -0.249. The first kappa shape index (κ1) is 14.6. The first-order valence-electron chi connectivity index (χ1n) is 6.97. The average molecular weight is 306 g/mol. The second-order valence-corrected chi connectivity index (χ2v) is 4.81. The zero-order valence-electron chi connectivity index (χ0n) is 12.4. The van der Waals surface area contributed by atoms with E-state index in [2.05, 4.69) is 26.1 Å². The van der Waals surface area contributed by atoms with Gasteiger partial charge >= 0.3 is 0 Å². The number of nitrogens with zero attached hydrogens (tertiary/aromatic N) is 5. The molecule has 1 aromatic heterocycles. The van der Waals surface area contributed by atoms with Gasteiger partial charge in [-0.2, -0.15) is 5.10 Å². The summed E-state index contributed by atoms with van der Waals surface area (Å²) in [7, 11) is 0. The lowest BCUT2D eigenvalue weighted by Crippen LogP contribution is -2.19. The summed E-state index contributed by atoms with van der Waals surface area (Å²) < 4.78 is 1.55. The van der Waals surface area contributed by atoms with Crippen LogP contribution >= 0.6 is 0 Å². The molecule has 0 atom stereocenters. The minimum absolute atomic E-state index is 0.249. The number of benzene rings is 2. The molecule has 7 heteroatoms. The fourth-order valence-electron chi connectivity index (χ4n) is 2.01. The molecule has 1 amide bonds. The molecule has 1 heterocycles. The van der Waals surface area contributed by atoms with Crippen molar-refractivity contribution in [1.82, 2.24) is 25.6 Å². The molecule has 3 rings (SSSR count). The van der Waals surface area contributed by atoms with Gasteiger partial charge in [-0.3, -0.25) is 4.79 Å². The zero-order chi connectivity index (χ0) is 16.1. The Kier molecular flexibility index (Phi) is 4.19. The Hall–Kier alpha value is -3.35. The fourth-order valence-corrected chi connectivity index (χ4v) is 2.01. The number of nitrogens with one attached hydrogen (secondary N) is 1. The van der Waals surface area contributed by atoms with Crippen molar-refractivity contribution in [2.45, 2.75) is 6.92 Å². The van der Waals surface area contributed by atoms with Gasteiger partial charge in [0, 0.05) is 5.56 Å². The van der Waals surface area contributed by atoms with E-state index in [4.69, 9.17) is 0 Å². The molecule has 0 aliphatic heterocycles. The minimum Gasteiger partial charge on any atom is -0.267 e. The van der Waals surface area contributed by atoms with Crippen molar-refractivity contribution >= 4 is 11.6 Å². The molecule has 0 bridgehead atoms. The molecule has 0 spiro atoms. The number of hydrogen-bond acceptors (Lipinski definition) is 5. The Bertz CT molecular complexity index is 827. The highest BCUT2D eigenvalue weighted by molar-refractivity contribution is 6.01. The van der Waals surface area contributed by atoms with Crippen LogP contribution in [-0.2, 0) is 0 Å². The smallest absolute Gasteiger partial charge is 0.267 e. The van der Waals surface area contributed by atoms with Gasteiger partial charge in [0.1, 0.15) is 6.33 Å². The third-order valence-electron chi connectivity index (χ3n) is 3.24. The van der Waals surface area contributed by atoms with Crippen LogP contribution in [0.2, 0.25) is 0 Å². The van der Waals surface area contributed by atoms with Gasteiger partial charge < -0.3 is 0 Å². The van der Waals surface area contributed by atoms with Gasteiger partial charge in [0.15, 0.2) is 0 Å². The monoisotopic (exact) mass is 306 g/mol. The van der Waals surface area contributed by atoms with Crippen molar-refractivity contribution < 1.29 is 4.79 Å². The van der Waals surface area contributed by atoms with E-state index in [0.717, 1.165) is 11.3 Å². The number of carbonyl (C=O) groups excluding carboxylic acids is 1. The second-order valence-electron chi connectivity index (χ2n) is 4.81. The third kappa shape index (κ3) is 3.46. The lowest BCUT2D eigenvalue weighted by molar-refractivity contribution is 0.0955. The molecule has 0 fully saturated rings. The highest BCUT2D eigenvalue weighted by Crippen LogP contribution is 2.09. The molecule has 0 unspecified atom stereocenters. The first-order valence-corrected chi connectivity index (χ1v) is 6.97. The predicted molar refractivity (Wildman–Crippen MR) is 85.3 cm³/mol. The van der Waals surface area contributed by atoms with Crippen LogP contribution in [0.4, 0.5) is 0 Å². The number of hydrogen-bond donors (Lipinski definition) is 1. The summed E-state index contributed by atoms with van der Waals surface area (Å²) in [6.45, 7) is 1.82. The Morgan fingerprint density at radius 2 is 1.87 bits per heavy atom. The molecule has 23 heavy (non-hydrogen) atoms. The largest absolute Gasteiger partial charge is 0.271 e.